The molecule has 0 spiro atoms. The highest BCUT2D eigenvalue weighted by atomic mass is 16.3. The van der Waals surface area contributed by atoms with Crippen molar-refractivity contribution >= 4 is 5.82 Å². The second-order valence-electron chi connectivity index (χ2n) is 4.50. The van der Waals surface area contributed by atoms with E-state index in [0.717, 1.165) is 25.2 Å². The number of β-amino-alcohol motifs (C(OH)–C–C–N with tert-alkyl or cyclic N) is 1. The van der Waals surface area contributed by atoms with Crippen molar-refractivity contribution < 1.29 is 5.11 Å². The highest BCUT2D eigenvalue weighted by Gasteiger charge is 2.24. The number of aromatic nitrogens is 2. The van der Waals surface area contributed by atoms with Gasteiger partial charge in [0.1, 0.15) is 5.82 Å². The van der Waals surface area contributed by atoms with Gasteiger partial charge in [0.15, 0.2) is 0 Å². The van der Waals surface area contributed by atoms with Crippen molar-refractivity contribution in [2.24, 2.45) is 5.92 Å². The van der Waals surface area contributed by atoms with E-state index >= 15 is 0 Å². The van der Waals surface area contributed by atoms with Crippen molar-refractivity contribution in [3.63, 3.8) is 0 Å². The maximum absolute atomic E-state index is 9.77. The van der Waals surface area contributed by atoms with Crippen molar-refractivity contribution in [3.8, 4) is 0 Å². The molecule has 0 saturated carbocycles. The van der Waals surface area contributed by atoms with Crippen LogP contribution in [0.5, 0.6) is 0 Å². The molecule has 1 aromatic heterocycles. The van der Waals surface area contributed by atoms with E-state index in [0.29, 0.717) is 18.3 Å². The molecule has 88 valence electrons. The van der Waals surface area contributed by atoms with Crippen LogP contribution in [0.3, 0.4) is 0 Å². The number of nitrogens with two attached hydrogens (primary N) is 1. The van der Waals surface area contributed by atoms with Gasteiger partial charge < -0.3 is 10.8 Å². The smallest absolute Gasteiger partial charge is 0.141 e. The Bertz CT molecular complexity index is 340. The molecule has 2 rings (SSSR count). The Labute approximate surface area is 95.3 Å². The number of nitrogens with zero attached hydrogens (tertiary/aromatic N) is 3. The summed E-state index contributed by atoms with van der Waals surface area (Å²) in [5, 5.41) is 9.77. The van der Waals surface area contributed by atoms with E-state index in [1.807, 2.05) is 0 Å². The van der Waals surface area contributed by atoms with Gasteiger partial charge in [0, 0.05) is 13.1 Å². The van der Waals surface area contributed by atoms with Crippen LogP contribution in [0.2, 0.25) is 0 Å². The summed E-state index contributed by atoms with van der Waals surface area (Å²) in [5.41, 5.74) is 6.37. The molecule has 3 N–H and O–H groups in total. The number of hydrogen-bond acceptors (Lipinski definition) is 5. The summed E-state index contributed by atoms with van der Waals surface area (Å²) in [5.74, 6) is 0.838. The summed E-state index contributed by atoms with van der Waals surface area (Å²) in [6.45, 7) is 4.54. The molecule has 2 atom stereocenters. The fourth-order valence-corrected chi connectivity index (χ4v) is 1.93. The standard InChI is InChI=1S/C11H18N4O/c1-8-2-3-15(7-10(8)16)6-9-4-14-11(12)5-13-9/h4-5,8,10,16H,2-3,6-7H2,1H3,(H2,12,14). The molecule has 0 aromatic carbocycles. The lowest BCUT2D eigenvalue weighted by atomic mass is 9.96. The lowest BCUT2D eigenvalue weighted by Crippen LogP contribution is -2.42. The van der Waals surface area contributed by atoms with Crippen LogP contribution in [0.4, 0.5) is 5.82 Å². The average molecular weight is 222 g/mol. The van der Waals surface area contributed by atoms with Crippen LogP contribution in [0.15, 0.2) is 12.4 Å². The van der Waals surface area contributed by atoms with Gasteiger partial charge in [0.25, 0.3) is 0 Å². The molecule has 1 saturated heterocycles. The summed E-state index contributed by atoms with van der Waals surface area (Å²) in [6.07, 6.45) is 4.07. The summed E-state index contributed by atoms with van der Waals surface area (Å²) in [4.78, 5) is 10.4. The molecule has 0 aliphatic carbocycles. The minimum atomic E-state index is -0.226. The van der Waals surface area contributed by atoms with Crippen LogP contribution in [-0.2, 0) is 6.54 Å². The Morgan fingerprint density at radius 1 is 1.50 bits per heavy atom. The number of rotatable bonds is 2. The van der Waals surface area contributed by atoms with E-state index in [1.54, 1.807) is 12.4 Å². The highest BCUT2D eigenvalue weighted by Crippen LogP contribution is 2.18. The monoisotopic (exact) mass is 222 g/mol. The van der Waals surface area contributed by atoms with Crippen LogP contribution in [0.25, 0.3) is 0 Å². The molecule has 1 aliphatic rings. The van der Waals surface area contributed by atoms with Gasteiger partial charge in [-0.05, 0) is 18.9 Å². The Balaban J connectivity index is 1.93. The summed E-state index contributed by atoms with van der Waals surface area (Å²) in [6, 6.07) is 0. The molecular formula is C11H18N4O. The topological polar surface area (TPSA) is 75.3 Å². The van der Waals surface area contributed by atoms with Gasteiger partial charge in [-0.25, -0.2) is 4.98 Å². The van der Waals surface area contributed by atoms with Gasteiger partial charge in [0.05, 0.1) is 24.2 Å². The number of piperidine rings is 1. The molecule has 0 bridgehead atoms. The molecular weight excluding hydrogens is 204 g/mol. The van der Waals surface area contributed by atoms with Gasteiger partial charge in [-0.2, -0.15) is 0 Å². The Kier molecular flexibility index (Phi) is 3.36. The number of nitrogen functional groups attached to an aromatic ring is 1. The lowest BCUT2D eigenvalue weighted by molar-refractivity contribution is 0.0254. The van der Waals surface area contributed by atoms with E-state index in [9.17, 15) is 5.11 Å². The zero-order valence-electron chi connectivity index (χ0n) is 9.50. The van der Waals surface area contributed by atoms with Gasteiger partial charge in [-0.3, -0.25) is 9.88 Å². The third-order valence-corrected chi connectivity index (χ3v) is 3.11. The first-order chi connectivity index (χ1) is 7.65. The first-order valence-electron chi connectivity index (χ1n) is 5.62. The summed E-state index contributed by atoms with van der Waals surface area (Å²) < 4.78 is 0. The van der Waals surface area contributed by atoms with Gasteiger partial charge in [-0.1, -0.05) is 6.92 Å². The van der Waals surface area contributed by atoms with Crippen molar-refractivity contribution in [2.75, 3.05) is 18.8 Å². The zero-order chi connectivity index (χ0) is 11.5. The normalized spacial score (nSPS) is 26.9. The van der Waals surface area contributed by atoms with Crippen LogP contribution in [0, 0.1) is 5.92 Å². The van der Waals surface area contributed by atoms with E-state index in [2.05, 4.69) is 21.8 Å². The van der Waals surface area contributed by atoms with Crippen LogP contribution >= 0.6 is 0 Å². The number of hydrogen-bond donors (Lipinski definition) is 2. The number of aliphatic hydroxyl groups excluding tert-OH is 1. The molecule has 2 heterocycles. The molecule has 1 fully saturated rings. The van der Waals surface area contributed by atoms with E-state index in [4.69, 9.17) is 5.73 Å². The third kappa shape index (κ3) is 2.68. The van der Waals surface area contributed by atoms with Gasteiger partial charge in [-0.15, -0.1) is 0 Å². The van der Waals surface area contributed by atoms with Crippen molar-refractivity contribution in [1.29, 1.82) is 0 Å². The third-order valence-electron chi connectivity index (χ3n) is 3.11. The molecule has 16 heavy (non-hydrogen) atoms. The minimum absolute atomic E-state index is 0.226. The predicted octanol–water partition coefficient (Wildman–Crippen LogP) is 0.261. The lowest BCUT2D eigenvalue weighted by Gasteiger charge is -2.33. The predicted molar refractivity (Wildman–Crippen MR) is 61.5 cm³/mol. The van der Waals surface area contributed by atoms with Crippen molar-refractivity contribution in [2.45, 2.75) is 26.0 Å². The Morgan fingerprint density at radius 3 is 2.94 bits per heavy atom. The number of aliphatic hydroxyl groups is 1. The van der Waals surface area contributed by atoms with E-state index in [-0.39, 0.29) is 6.10 Å². The Morgan fingerprint density at radius 2 is 2.31 bits per heavy atom. The first-order valence-corrected chi connectivity index (χ1v) is 5.62. The fraction of sp³-hybridized carbons (Fsp3) is 0.636. The molecule has 0 amide bonds. The highest BCUT2D eigenvalue weighted by molar-refractivity contribution is 5.22. The van der Waals surface area contributed by atoms with Crippen LogP contribution in [0.1, 0.15) is 19.0 Å². The summed E-state index contributed by atoms with van der Waals surface area (Å²) >= 11 is 0. The summed E-state index contributed by atoms with van der Waals surface area (Å²) in [7, 11) is 0. The quantitative estimate of drug-likeness (QED) is 0.751. The largest absolute Gasteiger partial charge is 0.392 e. The fourth-order valence-electron chi connectivity index (χ4n) is 1.93. The van der Waals surface area contributed by atoms with Crippen molar-refractivity contribution in [3.05, 3.63) is 18.1 Å². The van der Waals surface area contributed by atoms with Crippen LogP contribution in [-0.4, -0.2) is 39.2 Å². The van der Waals surface area contributed by atoms with Crippen LogP contribution < -0.4 is 5.73 Å². The van der Waals surface area contributed by atoms with Gasteiger partial charge >= 0.3 is 0 Å². The molecule has 5 nitrogen and oxygen atoms in total. The van der Waals surface area contributed by atoms with E-state index in [1.165, 1.54) is 0 Å². The SMILES string of the molecule is CC1CCN(Cc2cnc(N)cn2)CC1O. The second-order valence-corrected chi connectivity index (χ2v) is 4.50. The van der Waals surface area contributed by atoms with Gasteiger partial charge in [0.2, 0.25) is 0 Å². The molecule has 1 aromatic rings. The number of anilines is 1. The second kappa shape index (κ2) is 4.76. The first kappa shape index (κ1) is 11.3. The van der Waals surface area contributed by atoms with Crippen molar-refractivity contribution in [1.82, 2.24) is 14.9 Å². The molecule has 1 aliphatic heterocycles. The number of likely N-dealkylation sites (tertiary alicyclic amines) is 1. The molecule has 0 radical (unpaired) electrons. The van der Waals surface area contributed by atoms with E-state index < -0.39 is 0 Å². The Hall–Kier alpha value is -1.20. The minimum Gasteiger partial charge on any atom is -0.392 e. The maximum atomic E-state index is 9.77. The zero-order valence-corrected chi connectivity index (χ0v) is 9.50. The average Bonchev–Trinajstić information content (AvgIpc) is 2.27. The molecule has 5 heteroatoms. The molecule has 2 unspecified atom stereocenters. The maximum Gasteiger partial charge on any atom is 0.141 e.